The molecule has 0 fully saturated rings. The lowest BCUT2D eigenvalue weighted by Gasteiger charge is -2.19. The Kier molecular flexibility index (Phi) is 7.54. The fourth-order valence-electron chi connectivity index (χ4n) is 1.48. The van der Waals surface area contributed by atoms with Gasteiger partial charge in [-0.1, -0.05) is 27.2 Å². The van der Waals surface area contributed by atoms with Gasteiger partial charge in [-0.3, -0.25) is 9.59 Å². The van der Waals surface area contributed by atoms with Crippen LogP contribution in [0.15, 0.2) is 0 Å². The van der Waals surface area contributed by atoms with E-state index in [0.717, 1.165) is 6.42 Å². The summed E-state index contributed by atoms with van der Waals surface area (Å²) >= 11 is 0. The van der Waals surface area contributed by atoms with Gasteiger partial charge in [-0.15, -0.1) is 0 Å². The van der Waals surface area contributed by atoms with Crippen LogP contribution in [-0.2, 0) is 9.59 Å². The topological polar surface area (TPSA) is 86.6 Å². The van der Waals surface area contributed by atoms with Crippen molar-refractivity contribution in [3.8, 4) is 0 Å². The Morgan fingerprint density at radius 3 is 2.24 bits per heavy atom. The van der Waals surface area contributed by atoms with Crippen molar-refractivity contribution in [2.45, 2.75) is 33.6 Å². The summed E-state index contributed by atoms with van der Waals surface area (Å²) in [6, 6.07) is 0. The van der Waals surface area contributed by atoms with Gasteiger partial charge in [0.05, 0.1) is 5.92 Å². The van der Waals surface area contributed by atoms with Crippen molar-refractivity contribution < 1.29 is 19.8 Å². The molecule has 0 radical (unpaired) electrons. The maximum absolute atomic E-state index is 11.7. The first kappa shape index (κ1) is 15.9. The van der Waals surface area contributed by atoms with Crippen LogP contribution in [0.3, 0.4) is 0 Å². The summed E-state index contributed by atoms with van der Waals surface area (Å²) in [5, 5.41) is 20.3. The first-order valence-corrected chi connectivity index (χ1v) is 6.05. The van der Waals surface area contributed by atoms with E-state index in [-0.39, 0.29) is 18.4 Å². The monoisotopic (exact) mass is 245 g/mol. The molecule has 3 atom stereocenters. The first-order valence-electron chi connectivity index (χ1n) is 6.05. The number of aliphatic hydroxyl groups is 1. The van der Waals surface area contributed by atoms with Gasteiger partial charge in [0.25, 0.3) is 0 Å². The van der Waals surface area contributed by atoms with E-state index in [2.05, 4.69) is 5.32 Å². The van der Waals surface area contributed by atoms with Crippen molar-refractivity contribution in [2.75, 3.05) is 13.2 Å². The summed E-state index contributed by atoms with van der Waals surface area (Å²) in [4.78, 5) is 22.4. The second kappa shape index (κ2) is 8.06. The summed E-state index contributed by atoms with van der Waals surface area (Å²) in [6.45, 7) is 5.73. The molecule has 17 heavy (non-hydrogen) atoms. The minimum absolute atomic E-state index is 0.107. The summed E-state index contributed by atoms with van der Waals surface area (Å²) in [5.74, 6) is -2.19. The molecular formula is C12H23NO4. The van der Waals surface area contributed by atoms with E-state index in [4.69, 9.17) is 10.2 Å². The number of hydrogen-bond donors (Lipinski definition) is 3. The molecule has 0 aromatic heterocycles. The minimum atomic E-state index is -0.963. The second-order valence-electron chi connectivity index (χ2n) is 4.45. The third-order valence-corrected chi connectivity index (χ3v) is 3.23. The lowest BCUT2D eigenvalue weighted by molar-refractivity contribution is -0.146. The number of aliphatic carboxylic acids is 1. The normalized spacial score (nSPS) is 16.0. The van der Waals surface area contributed by atoms with Crippen molar-refractivity contribution in [3.63, 3.8) is 0 Å². The molecule has 5 heteroatoms. The van der Waals surface area contributed by atoms with E-state index >= 15 is 0 Å². The zero-order valence-corrected chi connectivity index (χ0v) is 10.8. The van der Waals surface area contributed by atoms with Crippen LogP contribution in [0, 0.1) is 17.8 Å². The fraction of sp³-hybridized carbons (Fsp3) is 0.833. The second-order valence-corrected chi connectivity index (χ2v) is 4.45. The SMILES string of the molecule is CCC(CCO)CNC(=O)C(C)C(C)C(=O)O. The molecule has 0 saturated heterocycles. The highest BCUT2D eigenvalue weighted by molar-refractivity contribution is 5.84. The van der Waals surface area contributed by atoms with Gasteiger partial charge in [-0.2, -0.15) is 0 Å². The highest BCUT2D eigenvalue weighted by atomic mass is 16.4. The molecule has 3 unspecified atom stereocenters. The van der Waals surface area contributed by atoms with E-state index in [1.54, 1.807) is 6.92 Å². The van der Waals surface area contributed by atoms with Gasteiger partial charge in [0, 0.05) is 19.1 Å². The number of carbonyl (C=O) groups excluding carboxylic acids is 1. The summed E-state index contributed by atoms with van der Waals surface area (Å²) < 4.78 is 0. The Hall–Kier alpha value is -1.10. The Bertz CT molecular complexity index is 255. The predicted octanol–water partition coefficient (Wildman–Crippen LogP) is 0.868. The molecule has 0 aromatic carbocycles. The molecule has 0 heterocycles. The van der Waals surface area contributed by atoms with Gasteiger partial charge in [-0.05, 0) is 12.3 Å². The number of carboxylic acid groups (broad SMARTS) is 1. The maximum Gasteiger partial charge on any atom is 0.307 e. The zero-order chi connectivity index (χ0) is 13.4. The van der Waals surface area contributed by atoms with Crippen molar-refractivity contribution >= 4 is 11.9 Å². The molecular weight excluding hydrogens is 222 g/mol. The Morgan fingerprint density at radius 2 is 1.82 bits per heavy atom. The molecule has 3 N–H and O–H groups in total. The number of aliphatic hydroxyl groups excluding tert-OH is 1. The lowest BCUT2D eigenvalue weighted by Crippen LogP contribution is -2.37. The first-order chi connectivity index (χ1) is 7.93. The van der Waals surface area contributed by atoms with Crippen LogP contribution in [0.2, 0.25) is 0 Å². The van der Waals surface area contributed by atoms with Gasteiger partial charge in [0.1, 0.15) is 0 Å². The minimum Gasteiger partial charge on any atom is -0.481 e. The van der Waals surface area contributed by atoms with E-state index in [1.165, 1.54) is 6.92 Å². The maximum atomic E-state index is 11.7. The quantitative estimate of drug-likeness (QED) is 0.592. The Balaban J connectivity index is 4.12. The van der Waals surface area contributed by atoms with Crippen LogP contribution in [0.25, 0.3) is 0 Å². The van der Waals surface area contributed by atoms with Crippen molar-refractivity contribution in [3.05, 3.63) is 0 Å². The van der Waals surface area contributed by atoms with Crippen molar-refractivity contribution in [1.29, 1.82) is 0 Å². The molecule has 100 valence electrons. The largest absolute Gasteiger partial charge is 0.481 e. The van der Waals surface area contributed by atoms with Crippen molar-refractivity contribution in [2.24, 2.45) is 17.8 Å². The highest BCUT2D eigenvalue weighted by Crippen LogP contribution is 2.12. The summed E-state index contributed by atoms with van der Waals surface area (Å²) in [7, 11) is 0. The molecule has 0 aliphatic carbocycles. The zero-order valence-electron chi connectivity index (χ0n) is 10.8. The molecule has 0 spiro atoms. The molecule has 0 aromatic rings. The van der Waals surface area contributed by atoms with Gasteiger partial charge >= 0.3 is 5.97 Å². The van der Waals surface area contributed by atoms with Crippen LogP contribution in [0.1, 0.15) is 33.6 Å². The van der Waals surface area contributed by atoms with Crippen LogP contribution in [0.4, 0.5) is 0 Å². The molecule has 0 rings (SSSR count). The molecule has 0 bridgehead atoms. The molecule has 0 saturated carbocycles. The van der Waals surface area contributed by atoms with E-state index in [1.807, 2.05) is 6.92 Å². The highest BCUT2D eigenvalue weighted by Gasteiger charge is 2.25. The van der Waals surface area contributed by atoms with Gasteiger partial charge in [-0.25, -0.2) is 0 Å². The number of rotatable bonds is 8. The van der Waals surface area contributed by atoms with Crippen LogP contribution in [-0.4, -0.2) is 35.2 Å². The van der Waals surface area contributed by atoms with Gasteiger partial charge in [0.15, 0.2) is 0 Å². The summed E-state index contributed by atoms with van der Waals surface area (Å²) in [5.41, 5.74) is 0. The number of amides is 1. The third kappa shape index (κ3) is 5.68. The standard InChI is InChI=1S/C12H23NO4/c1-4-10(5-6-14)7-13-11(15)8(2)9(3)12(16)17/h8-10,14H,4-7H2,1-3H3,(H,13,15)(H,16,17). The van der Waals surface area contributed by atoms with E-state index in [9.17, 15) is 9.59 Å². The van der Waals surface area contributed by atoms with E-state index < -0.39 is 17.8 Å². The van der Waals surface area contributed by atoms with Crippen LogP contribution < -0.4 is 5.32 Å². The van der Waals surface area contributed by atoms with Crippen LogP contribution in [0.5, 0.6) is 0 Å². The predicted molar refractivity (Wildman–Crippen MR) is 64.5 cm³/mol. The fourth-order valence-corrected chi connectivity index (χ4v) is 1.48. The number of carbonyl (C=O) groups is 2. The smallest absolute Gasteiger partial charge is 0.307 e. The third-order valence-electron chi connectivity index (χ3n) is 3.23. The summed E-state index contributed by atoms with van der Waals surface area (Å²) in [6.07, 6.45) is 1.53. The molecule has 0 aliphatic heterocycles. The number of hydrogen-bond acceptors (Lipinski definition) is 3. The Morgan fingerprint density at radius 1 is 1.24 bits per heavy atom. The van der Waals surface area contributed by atoms with Crippen LogP contribution >= 0.6 is 0 Å². The van der Waals surface area contributed by atoms with Crippen molar-refractivity contribution in [1.82, 2.24) is 5.32 Å². The lowest BCUT2D eigenvalue weighted by atomic mass is 9.95. The molecule has 5 nitrogen and oxygen atoms in total. The number of carboxylic acids is 1. The molecule has 0 aliphatic rings. The van der Waals surface area contributed by atoms with Gasteiger partial charge < -0.3 is 15.5 Å². The van der Waals surface area contributed by atoms with E-state index in [0.29, 0.717) is 13.0 Å². The Labute approximate surface area is 102 Å². The average Bonchev–Trinajstić information content (AvgIpc) is 2.31. The van der Waals surface area contributed by atoms with Gasteiger partial charge in [0.2, 0.25) is 5.91 Å². The average molecular weight is 245 g/mol. The number of nitrogens with one attached hydrogen (secondary N) is 1. The molecule has 1 amide bonds.